The van der Waals surface area contributed by atoms with Crippen molar-refractivity contribution in [3.8, 4) is 0 Å². The van der Waals surface area contributed by atoms with Gasteiger partial charge in [0.25, 0.3) is 5.91 Å². The third kappa shape index (κ3) is 3.51. The molecule has 0 aliphatic carbocycles. The van der Waals surface area contributed by atoms with E-state index in [4.69, 9.17) is 4.52 Å². The summed E-state index contributed by atoms with van der Waals surface area (Å²) < 4.78 is 7.22. The Morgan fingerprint density at radius 2 is 2.17 bits per heavy atom. The van der Waals surface area contributed by atoms with E-state index in [1.165, 1.54) is 0 Å². The lowest BCUT2D eigenvalue weighted by Crippen LogP contribution is -2.39. The van der Waals surface area contributed by atoms with Crippen LogP contribution in [0.25, 0.3) is 0 Å². The molecule has 24 heavy (non-hydrogen) atoms. The molecule has 3 heterocycles. The number of aryl methyl sites for hydroxylation is 1. The van der Waals surface area contributed by atoms with E-state index in [-0.39, 0.29) is 5.91 Å². The molecule has 0 bridgehead atoms. The number of imidazole rings is 1. The van der Waals surface area contributed by atoms with Crippen LogP contribution in [-0.2, 0) is 13.1 Å². The van der Waals surface area contributed by atoms with Crippen molar-refractivity contribution in [3.63, 3.8) is 0 Å². The van der Waals surface area contributed by atoms with Gasteiger partial charge in [0.05, 0.1) is 6.54 Å². The summed E-state index contributed by atoms with van der Waals surface area (Å²) in [7, 11) is 0. The zero-order valence-electron chi connectivity index (χ0n) is 14.6. The van der Waals surface area contributed by atoms with Crippen molar-refractivity contribution in [1.29, 1.82) is 0 Å². The van der Waals surface area contributed by atoms with Crippen LogP contribution in [0.15, 0.2) is 23.0 Å². The average Bonchev–Trinajstić information content (AvgIpc) is 3.16. The van der Waals surface area contributed by atoms with Crippen LogP contribution in [-0.4, -0.2) is 56.6 Å². The second kappa shape index (κ2) is 7.17. The molecular formula is C17H25N5O2. The lowest BCUT2D eigenvalue weighted by Gasteiger charge is -2.27. The molecule has 2 aromatic rings. The highest BCUT2D eigenvalue weighted by molar-refractivity contribution is 5.92. The van der Waals surface area contributed by atoms with Gasteiger partial charge in [-0.2, -0.15) is 0 Å². The van der Waals surface area contributed by atoms with Gasteiger partial charge in [0.2, 0.25) is 0 Å². The topological polar surface area (TPSA) is 67.4 Å². The zero-order valence-corrected chi connectivity index (χ0v) is 14.6. The molecule has 0 unspecified atom stereocenters. The lowest BCUT2D eigenvalue weighted by atomic mass is 10.1. The number of hydrogen-bond donors (Lipinski definition) is 0. The quantitative estimate of drug-likeness (QED) is 0.836. The zero-order chi connectivity index (χ0) is 17.1. The largest absolute Gasteiger partial charge is 0.361 e. The number of rotatable bonds is 5. The molecule has 0 saturated heterocycles. The van der Waals surface area contributed by atoms with Crippen molar-refractivity contribution in [2.24, 2.45) is 5.92 Å². The Bertz CT molecular complexity index is 689. The Balaban J connectivity index is 1.82. The first kappa shape index (κ1) is 16.7. The third-order valence-electron chi connectivity index (χ3n) is 4.61. The fraction of sp³-hybridized carbons (Fsp3) is 0.588. The van der Waals surface area contributed by atoms with Gasteiger partial charge in [-0.3, -0.25) is 4.79 Å². The summed E-state index contributed by atoms with van der Waals surface area (Å²) >= 11 is 0. The van der Waals surface area contributed by atoms with Gasteiger partial charge in [-0.05, 0) is 20.0 Å². The van der Waals surface area contributed by atoms with E-state index in [1.807, 2.05) is 11.1 Å². The van der Waals surface area contributed by atoms with E-state index in [1.54, 1.807) is 19.2 Å². The lowest BCUT2D eigenvalue weighted by molar-refractivity contribution is 0.0694. The maximum Gasteiger partial charge on any atom is 0.276 e. The minimum Gasteiger partial charge on any atom is -0.361 e. The van der Waals surface area contributed by atoms with Gasteiger partial charge in [0.15, 0.2) is 5.69 Å². The molecule has 1 atom stereocenters. The van der Waals surface area contributed by atoms with Gasteiger partial charge in [0.1, 0.15) is 11.6 Å². The van der Waals surface area contributed by atoms with E-state index in [0.29, 0.717) is 30.5 Å². The number of hydrogen-bond acceptors (Lipinski definition) is 5. The Labute approximate surface area is 142 Å². The standard InChI is InChI=1S/C17H25N5O2/c1-4-20(5-2)9-14-10-21-7-6-18-16(21)12-22(11-14)17(23)15-8-13(3)24-19-15/h6-8,14H,4-5,9-12H2,1-3H3/t14-/m1/s1. The molecule has 2 aromatic heterocycles. The van der Waals surface area contributed by atoms with Crippen LogP contribution in [0.5, 0.6) is 0 Å². The van der Waals surface area contributed by atoms with Crippen LogP contribution in [0, 0.1) is 12.8 Å². The number of fused-ring (bicyclic) bond motifs is 1. The monoisotopic (exact) mass is 331 g/mol. The first-order chi connectivity index (χ1) is 11.6. The van der Waals surface area contributed by atoms with Gasteiger partial charge in [0, 0.05) is 44.0 Å². The fourth-order valence-corrected chi connectivity index (χ4v) is 3.29. The summed E-state index contributed by atoms with van der Waals surface area (Å²) in [5.41, 5.74) is 0.370. The minimum absolute atomic E-state index is 0.0900. The molecule has 0 N–H and O–H groups in total. The van der Waals surface area contributed by atoms with E-state index in [0.717, 1.165) is 32.0 Å². The Morgan fingerprint density at radius 1 is 1.38 bits per heavy atom. The molecule has 0 spiro atoms. The van der Waals surface area contributed by atoms with Gasteiger partial charge >= 0.3 is 0 Å². The van der Waals surface area contributed by atoms with Crippen molar-refractivity contribution in [2.75, 3.05) is 26.2 Å². The summed E-state index contributed by atoms with van der Waals surface area (Å²) in [5, 5.41) is 3.88. The summed E-state index contributed by atoms with van der Waals surface area (Å²) in [6.07, 6.45) is 3.80. The van der Waals surface area contributed by atoms with Crippen molar-refractivity contribution < 1.29 is 9.32 Å². The summed E-state index contributed by atoms with van der Waals surface area (Å²) in [6, 6.07) is 1.69. The Morgan fingerprint density at radius 3 is 2.83 bits per heavy atom. The summed E-state index contributed by atoms with van der Waals surface area (Å²) in [4.78, 5) is 21.5. The molecule has 1 aliphatic rings. The first-order valence-corrected chi connectivity index (χ1v) is 8.55. The molecule has 1 aliphatic heterocycles. The predicted molar refractivity (Wildman–Crippen MR) is 89.5 cm³/mol. The van der Waals surface area contributed by atoms with Crippen molar-refractivity contribution >= 4 is 5.91 Å². The molecule has 7 nitrogen and oxygen atoms in total. The predicted octanol–water partition coefficient (Wildman–Crippen LogP) is 1.79. The van der Waals surface area contributed by atoms with E-state index in [2.05, 4.69) is 33.5 Å². The molecule has 0 radical (unpaired) electrons. The van der Waals surface area contributed by atoms with Gasteiger partial charge in [-0.25, -0.2) is 4.98 Å². The van der Waals surface area contributed by atoms with Crippen LogP contribution in [0.2, 0.25) is 0 Å². The summed E-state index contributed by atoms with van der Waals surface area (Å²) in [5.74, 6) is 1.84. The molecule has 0 aromatic carbocycles. The van der Waals surface area contributed by atoms with Gasteiger partial charge in [-0.15, -0.1) is 0 Å². The van der Waals surface area contributed by atoms with Crippen LogP contribution in [0.3, 0.4) is 0 Å². The van der Waals surface area contributed by atoms with Crippen molar-refractivity contribution in [1.82, 2.24) is 24.5 Å². The number of amides is 1. The molecule has 130 valence electrons. The highest BCUT2D eigenvalue weighted by Gasteiger charge is 2.28. The van der Waals surface area contributed by atoms with Crippen LogP contribution < -0.4 is 0 Å². The normalized spacial score (nSPS) is 17.8. The second-order valence-electron chi connectivity index (χ2n) is 6.36. The number of carbonyl (C=O) groups excluding carboxylic acids is 1. The molecule has 7 heteroatoms. The average molecular weight is 331 g/mol. The maximum atomic E-state index is 12.8. The highest BCUT2D eigenvalue weighted by atomic mass is 16.5. The smallest absolute Gasteiger partial charge is 0.276 e. The highest BCUT2D eigenvalue weighted by Crippen LogP contribution is 2.19. The molecule has 1 amide bonds. The van der Waals surface area contributed by atoms with Crippen LogP contribution in [0.1, 0.15) is 35.9 Å². The molecule has 3 rings (SSSR count). The molecule has 0 saturated carbocycles. The van der Waals surface area contributed by atoms with Crippen molar-refractivity contribution in [3.05, 3.63) is 35.7 Å². The van der Waals surface area contributed by atoms with E-state index in [9.17, 15) is 4.79 Å². The molecular weight excluding hydrogens is 306 g/mol. The van der Waals surface area contributed by atoms with Crippen LogP contribution >= 0.6 is 0 Å². The number of aromatic nitrogens is 3. The van der Waals surface area contributed by atoms with Crippen molar-refractivity contribution in [2.45, 2.75) is 33.9 Å². The molecule has 0 fully saturated rings. The van der Waals surface area contributed by atoms with E-state index >= 15 is 0 Å². The first-order valence-electron chi connectivity index (χ1n) is 8.55. The Kier molecular flexibility index (Phi) is 4.99. The van der Waals surface area contributed by atoms with Gasteiger partial charge in [-0.1, -0.05) is 19.0 Å². The minimum atomic E-state index is -0.0900. The van der Waals surface area contributed by atoms with Gasteiger partial charge < -0.3 is 18.9 Å². The second-order valence-corrected chi connectivity index (χ2v) is 6.36. The van der Waals surface area contributed by atoms with E-state index < -0.39 is 0 Å². The number of nitrogens with zero attached hydrogens (tertiary/aromatic N) is 5. The SMILES string of the molecule is CCN(CC)C[C@H]1CN(C(=O)c2cc(C)on2)Cc2nccn2C1. The third-order valence-corrected chi connectivity index (χ3v) is 4.61. The number of carbonyl (C=O) groups is 1. The Hall–Kier alpha value is -2.15. The fourth-order valence-electron chi connectivity index (χ4n) is 3.29. The summed E-state index contributed by atoms with van der Waals surface area (Å²) in [6.45, 7) is 11.2. The van der Waals surface area contributed by atoms with Crippen LogP contribution in [0.4, 0.5) is 0 Å². The maximum absolute atomic E-state index is 12.8.